The zero-order valence-electron chi connectivity index (χ0n) is 12.0. The summed E-state index contributed by atoms with van der Waals surface area (Å²) in [6, 6.07) is 1.97. The third kappa shape index (κ3) is 3.60. The molecule has 0 radical (unpaired) electrons. The Morgan fingerprint density at radius 3 is 3.14 bits per heavy atom. The molecule has 2 saturated heterocycles. The van der Waals surface area contributed by atoms with Crippen molar-refractivity contribution in [3.05, 3.63) is 18.1 Å². The van der Waals surface area contributed by atoms with Crippen LogP contribution in [0.15, 0.2) is 12.4 Å². The van der Waals surface area contributed by atoms with E-state index < -0.39 is 0 Å². The monoisotopic (exact) mass is 292 g/mol. The second-order valence-electron chi connectivity index (χ2n) is 5.27. The summed E-state index contributed by atoms with van der Waals surface area (Å²) in [4.78, 5) is 21.7. The van der Waals surface area contributed by atoms with Gasteiger partial charge in [0.1, 0.15) is 12.1 Å². The third-order valence-electron chi connectivity index (χ3n) is 3.78. The number of ether oxygens (including phenoxy) is 2. The lowest BCUT2D eigenvalue weighted by molar-refractivity contribution is 0.0746. The van der Waals surface area contributed by atoms with Crippen LogP contribution in [0.3, 0.4) is 0 Å². The van der Waals surface area contributed by atoms with Crippen molar-refractivity contribution in [3.63, 3.8) is 0 Å². The van der Waals surface area contributed by atoms with Gasteiger partial charge < -0.3 is 19.7 Å². The van der Waals surface area contributed by atoms with Gasteiger partial charge in [0.15, 0.2) is 0 Å². The van der Waals surface area contributed by atoms with Gasteiger partial charge in [-0.15, -0.1) is 0 Å². The topological polar surface area (TPSA) is 76.6 Å². The number of hydrogen-bond acceptors (Lipinski definition) is 6. The zero-order valence-corrected chi connectivity index (χ0v) is 12.0. The number of carbonyl (C=O) groups excluding carboxylic acids is 1. The lowest BCUT2D eigenvalue weighted by atomic mass is 10.1. The maximum absolute atomic E-state index is 11.5. The molecule has 0 saturated carbocycles. The van der Waals surface area contributed by atoms with Gasteiger partial charge in [-0.05, 0) is 12.8 Å². The van der Waals surface area contributed by atoms with Crippen LogP contribution in [0.4, 0.5) is 10.6 Å². The number of carbonyl (C=O) groups is 1. The molecule has 7 heteroatoms. The van der Waals surface area contributed by atoms with Gasteiger partial charge in [-0.3, -0.25) is 0 Å². The fourth-order valence-electron chi connectivity index (χ4n) is 2.58. The van der Waals surface area contributed by atoms with E-state index >= 15 is 0 Å². The quantitative estimate of drug-likeness (QED) is 0.879. The number of nitrogens with zero attached hydrogens (tertiary/aromatic N) is 3. The van der Waals surface area contributed by atoms with Crippen LogP contribution in [-0.2, 0) is 9.47 Å². The molecular weight excluding hydrogens is 272 g/mol. The molecule has 3 heterocycles. The number of cyclic esters (lactones) is 1. The number of anilines is 1. The fraction of sp³-hybridized carbons (Fsp3) is 0.643. The van der Waals surface area contributed by atoms with E-state index in [-0.39, 0.29) is 6.09 Å². The number of rotatable bonds is 5. The van der Waals surface area contributed by atoms with Gasteiger partial charge in [-0.1, -0.05) is 0 Å². The van der Waals surface area contributed by atoms with E-state index in [2.05, 4.69) is 15.3 Å². The van der Waals surface area contributed by atoms with E-state index in [0.717, 1.165) is 44.1 Å². The first-order chi connectivity index (χ1) is 10.3. The Labute approximate surface area is 123 Å². The number of aromatic nitrogens is 2. The van der Waals surface area contributed by atoms with Gasteiger partial charge in [0.2, 0.25) is 0 Å². The van der Waals surface area contributed by atoms with Gasteiger partial charge in [-0.2, -0.15) is 0 Å². The summed E-state index contributed by atoms with van der Waals surface area (Å²) in [6.45, 7) is 4.08. The van der Waals surface area contributed by atoms with Crippen LogP contribution in [0, 0.1) is 0 Å². The summed E-state index contributed by atoms with van der Waals surface area (Å²) in [6.07, 6.45) is 3.25. The Kier molecular flexibility index (Phi) is 4.49. The second kappa shape index (κ2) is 6.71. The molecule has 0 bridgehead atoms. The van der Waals surface area contributed by atoms with Crippen molar-refractivity contribution in [3.8, 4) is 0 Å². The Morgan fingerprint density at radius 2 is 2.33 bits per heavy atom. The summed E-state index contributed by atoms with van der Waals surface area (Å²) >= 11 is 0. The molecule has 1 aromatic heterocycles. The third-order valence-corrected chi connectivity index (χ3v) is 3.78. The van der Waals surface area contributed by atoms with E-state index in [1.165, 1.54) is 0 Å². The van der Waals surface area contributed by atoms with Gasteiger partial charge in [0, 0.05) is 38.2 Å². The molecule has 0 spiro atoms. The molecule has 114 valence electrons. The first-order valence-corrected chi connectivity index (χ1v) is 7.38. The van der Waals surface area contributed by atoms with Crippen molar-refractivity contribution in [2.75, 3.05) is 44.8 Å². The van der Waals surface area contributed by atoms with E-state index in [9.17, 15) is 4.79 Å². The van der Waals surface area contributed by atoms with Crippen LogP contribution >= 0.6 is 0 Å². The molecule has 7 nitrogen and oxygen atoms in total. The minimum absolute atomic E-state index is 0.227. The lowest BCUT2D eigenvalue weighted by Gasteiger charge is -2.26. The molecular formula is C14H20N4O3. The highest BCUT2D eigenvalue weighted by molar-refractivity contribution is 5.68. The van der Waals surface area contributed by atoms with Crippen molar-refractivity contribution in [1.82, 2.24) is 14.9 Å². The van der Waals surface area contributed by atoms with Crippen molar-refractivity contribution in [1.29, 1.82) is 0 Å². The van der Waals surface area contributed by atoms with Crippen LogP contribution in [0.5, 0.6) is 0 Å². The van der Waals surface area contributed by atoms with Crippen molar-refractivity contribution < 1.29 is 14.3 Å². The smallest absolute Gasteiger partial charge is 0.409 e. The lowest BCUT2D eigenvalue weighted by Crippen LogP contribution is -2.40. The van der Waals surface area contributed by atoms with Gasteiger partial charge in [-0.25, -0.2) is 14.8 Å². The number of nitrogens with one attached hydrogen (secondary N) is 1. The molecule has 1 N–H and O–H groups in total. The molecule has 2 fully saturated rings. The molecule has 0 unspecified atom stereocenters. The zero-order chi connectivity index (χ0) is 14.5. The predicted molar refractivity (Wildman–Crippen MR) is 76.2 cm³/mol. The predicted octanol–water partition coefficient (Wildman–Crippen LogP) is 1.23. The first-order valence-electron chi connectivity index (χ1n) is 7.38. The highest BCUT2D eigenvalue weighted by Gasteiger charge is 2.20. The molecule has 0 aromatic carbocycles. The molecule has 1 aromatic rings. The van der Waals surface area contributed by atoms with Crippen molar-refractivity contribution in [2.24, 2.45) is 0 Å². The number of hydrogen-bond donors (Lipinski definition) is 1. The van der Waals surface area contributed by atoms with Crippen molar-refractivity contribution >= 4 is 11.9 Å². The highest BCUT2D eigenvalue weighted by atomic mass is 16.6. The fourth-order valence-corrected chi connectivity index (χ4v) is 2.58. The molecule has 1 amide bonds. The molecule has 0 aliphatic carbocycles. The van der Waals surface area contributed by atoms with Gasteiger partial charge in [0.05, 0.1) is 18.9 Å². The Morgan fingerprint density at radius 1 is 1.38 bits per heavy atom. The van der Waals surface area contributed by atoms with E-state index in [1.54, 1.807) is 11.2 Å². The SMILES string of the molecule is O=C1OCCCN1CCNc1cc([C@H]2CCOC2)ncn1. The highest BCUT2D eigenvalue weighted by Crippen LogP contribution is 2.24. The minimum Gasteiger partial charge on any atom is -0.449 e. The molecule has 2 aliphatic rings. The largest absolute Gasteiger partial charge is 0.449 e. The maximum atomic E-state index is 11.5. The van der Waals surface area contributed by atoms with Crippen LogP contribution in [0.2, 0.25) is 0 Å². The summed E-state index contributed by atoms with van der Waals surface area (Å²) in [5, 5.41) is 3.23. The summed E-state index contributed by atoms with van der Waals surface area (Å²) in [7, 11) is 0. The van der Waals surface area contributed by atoms with Crippen LogP contribution < -0.4 is 5.32 Å². The average Bonchev–Trinajstić information content (AvgIpc) is 3.04. The van der Waals surface area contributed by atoms with Gasteiger partial charge in [0.25, 0.3) is 0 Å². The molecule has 21 heavy (non-hydrogen) atoms. The van der Waals surface area contributed by atoms with Crippen LogP contribution in [0.1, 0.15) is 24.5 Å². The van der Waals surface area contributed by atoms with E-state index in [4.69, 9.17) is 9.47 Å². The van der Waals surface area contributed by atoms with Crippen LogP contribution in [0.25, 0.3) is 0 Å². The second-order valence-corrected chi connectivity index (χ2v) is 5.27. The molecule has 1 atom stereocenters. The molecule has 3 rings (SSSR count). The molecule has 2 aliphatic heterocycles. The standard InChI is InChI=1S/C14H20N4O3/c19-14-18(4-1-6-21-14)5-3-15-13-8-12(16-10-17-13)11-2-7-20-9-11/h8,10-11H,1-7,9H2,(H,15,16,17)/t11-/m0/s1. The van der Waals surface area contributed by atoms with Crippen LogP contribution in [-0.4, -0.2) is 60.4 Å². The summed E-state index contributed by atoms with van der Waals surface area (Å²) < 4.78 is 10.4. The van der Waals surface area contributed by atoms with E-state index in [0.29, 0.717) is 25.6 Å². The normalized spacial score (nSPS) is 22.2. The Balaban J connectivity index is 1.50. The average molecular weight is 292 g/mol. The van der Waals surface area contributed by atoms with Crippen molar-refractivity contribution in [2.45, 2.75) is 18.8 Å². The number of amides is 1. The Bertz CT molecular complexity index is 491. The van der Waals surface area contributed by atoms with E-state index in [1.807, 2.05) is 6.07 Å². The minimum atomic E-state index is -0.227. The van der Waals surface area contributed by atoms with Gasteiger partial charge >= 0.3 is 6.09 Å². The summed E-state index contributed by atoms with van der Waals surface area (Å²) in [5.41, 5.74) is 1.02. The maximum Gasteiger partial charge on any atom is 0.409 e. The first kappa shape index (κ1) is 14.1. The Hall–Kier alpha value is -1.89. The summed E-state index contributed by atoms with van der Waals surface area (Å²) in [5.74, 6) is 1.16.